The molecule has 1 saturated heterocycles. The highest BCUT2D eigenvalue weighted by Gasteiger charge is 2.10. The molecule has 1 fully saturated rings. The number of carbonyl (C=O) groups excluding carboxylic acids is 1. The largest absolute Gasteiger partial charge is 0.372 e. The van der Waals surface area contributed by atoms with Crippen LogP contribution in [0.3, 0.4) is 0 Å². The number of carbonyl (C=O) groups is 1. The third-order valence-electron chi connectivity index (χ3n) is 4.88. The molecule has 0 spiro atoms. The molecule has 0 atom stereocenters. The van der Waals surface area contributed by atoms with E-state index in [1.165, 1.54) is 43.5 Å². The van der Waals surface area contributed by atoms with Crippen molar-refractivity contribution in [2.24, 2.45) is 5.10 Å². The topological polar surface area (TPSA) is 44.7 Å². The molecule has 0 aliphatic carbocycles. The summed E-state index contributed by atoms with van der Waals surface area (Å²) in [7, 11) is 0. The van der Waals surface area contributed by atoms with Gasteiger partial charge in [0.2, 0.25) is 5.91 Å². The van der Waals surface area contributed by atoms with E-state index in [0.29, 0.717) is 0 Å². The number of amides is 1. The van der Waals surface area contributed by atoms with Gasteiger partial charge >= 0.3 is 0 Å². The Balaban J connectivity index is 1.56. The molecule has 2 aromatic rings. The minimum Gasteiger partial charge on any atom is -0.372 e. The SMILES string of the molecule is C/C(=N/NC(=O)Cc1ccc(F)cc1)c1ccc(N2CCCCCC2)cc1. The molecule has 0 bridgehead atoms. The monoisotopic (exact) mass is 367 g/mol. The van der Waals surface area contributed by atoms with E-state index in [1.807, 2.05) is 19.1 Å². The Bertz CT molecular complexity index is 776. The standard InChI is InChI=1S/C22H26FN3O/c1-17(24-25-22(27)16-18-6-10-20(23)11-7-18)19-8-12-21(13-9-19)26-14-4-2-3-5-15-26/h6-13H,2-5,14-16H2,1H3,(H,25,27)/b24-17-. The van der Waals surface area contributed by atoms with Crippen molar-refractivity contribution in [2.75, 3.05) is 18.0 Å². The lowest BCUT2D eigenvalue weighted by molar-refractivity contribution is -0.120. The summed E-state index contributed by atoms with van der Waals surface area (Å²) >= 11 is 0. The van der Waals surface area contributed by atoms with Gasteiger partial charge in [-0.2, -0.15) is 5.10 Å². The molecular weight excluding hydrogens is 341 g/mol. The summed E-state index contributed by atoms with van der Waals surface area (Å²) in [6.07, 6.45) is 5.31. The van der Waals surface area contributed by atoms with Gasteiger partial charge in [-0.1, -0.05) is 37.1 Å². The fourth-order valence-corrected chi connectivity index (χ4v) is 3.28. The maximum atomic E-state index is 12.9. The van der Waals surface area contributed by atoms with Gasteiger partial charge < -0.3 is 4.90 Å². The van der Waals surface area contributed by atoms with Crippen molar-refractivity contribution in [1.29, 1.82) is 0 Å². The van der Waals surface area contributed by atoms with Crippen LogP contribution in [0, 0.1) is 5.82 Å². The van der Waals surface area contributed by atoms with E-state index in [1.54, 1.807) is 12.1 Å². The Morgan fingerprint density at radius 1 is 1.00 bits per heavy atom. The second-order valence-electron chi connectivity index (χ2n) is 6.98. The number of hydrazone groups is 1. The molecule has 27 heavy (non-hydrogen) atoms. The zero-order valence-electron chi connectivity index (χ0n) is 15.7. The van der Waals surface area contributed by atoms with Crippen molar-refractivity contribution in [3.05, 3.63) is 65.5 Å². The summed E-state index contributed by atoms with van der Waals surface area (Å²) in [6.45, 7) is 4.11. The Labute approximate surface area is 160 Å². The Morgan fingerprint density at radius 2 is 1.63 bits per heavy atom. The fraction of sp³-hybridized carbons (Fsp3) is 0.364. The van der Waals surface area contributed by atoms with Gasteiger partial charge in [0.05, 0.1) is 12.1 Å². The highest BCUT2D eigenvalue weighted by atomic mass is 19.1. The zero-order valence-corrected chi connectivity index (χ0v) is 15.7. The van der Waals surface area contributed by atoms with Crippen molar-refractivity contribution < 1.29 is 9.18 Å². The van der Waals surface area contributed by atoms with Crippen LogP contribution in [-0.4, -0.2) is 24.7 Å². The lowest BCUT2D eigenvalue weighted by Gasteiger charge is -2.22. The summed E-state index contributed by atoms with van der Waals surface area (Å²) < 4.78 is 12.9. The van der Waals surface area contributed by atoms with Crippen LogP contribution < -0.4 is 10.3 Å². The highest BCUT2D eigenvalue weighted by Crippen LogP contribution is 2.20. The van der Waals surface area contributed by atoms with Gasteiger partial charge in [-0.05, 0) is 55.2 Å². The molecule has 0 unspecified atom stereocenters. The van der Waals surface area contributed by atoms with Crippen molar-refractivity contribution in [3.8, 4) is 0 Å². The summed E-state index contributed by atoms with van der Waals surface area (Å²) in [5.41, 5.74) is 6.31. The van der Waals surface area contributed by atoms with Gasteiger partial charge in [0.15, 0.2) is 0 Å². The van der Waals surface area contributed by atoms with Crippen molar-refractivity contribution in [2.45, 2.75) is 39.0 Å². The molecule has 2 aromatic carbocycles. The molecule has 3 rings (SSSR count). The smallest absolute Gasteiger partial charge is 0.244 e. The third kappa shape index (κ3) is 5.64. The summed E-state index contributed by atoms with van der Waals surface area (Å²) in [4.78, 5) is 14.4. The van der Waals surface area contributed by atoms with Gasteiger partial charge in [-0.25, -0.2) is 9.82 Å². The Hall–Kier alpha value is -2.69. The molecular formula is C22H26FN3O. The maximum Gasteiger partial charge on any atom is 0.244 e. The van der Waals surface area contributed by atoms with Crippen LogP contribution in [0.1, 0.15) is 43.7 Å². The van der Waals surface area contributed by atoms with Crippen molar-refractivity contribution >= 4 is 17.3 Å². The number of nitrogens with one attached hydrogen (secondary N) is 1. The number of benzene rings is 2. The predicted octanol–water partition coefficient (Wildman–Crippen LogP) is 4.29. The number of halogens is 1. The molecule has 1 aliphatic rings. The Morgan fingerprint density at radius 3 is 2.26 bits per heavy atom. The quantitative estimate of drug-likeness (QED) is 0.633. The van der Waals surface area contributed by atoms with Crippen LogP contribution in [0.15, 0.2) is 53.6 Å². The second kappa shape index (κ2) is 9.31. The molecule has 0 saturated carbocycles. The summed E-state index contributed by atoms with van der Waals surface area (Å²) in [5, 5.41) is 4.19. The number of nitrogens with zero attached hydrogens (tertiary/aromatic N) is 2. The number of rotatable bonds is 5. The van der Waals surface area contributed by atoms with E-state index in [9.17, 15) is 9.18 Å². The summed E-state index contributed by atoms with van der Waals surface area (Å²) in [5.74, 6) is -0.529. The highest BCUT2D eigenvalue weighted by molar-refractivity contribution is 5.99. The fourth-order valence-electron chi connectivity index (χ4n) is 3.28. The number of hydrogen-bond donors (Lipinski definition) is 1. The lowest BCUT2D eigenvalue weighted by Crippen LogP contribution is -2.23. The molecule has 1 amide bonds. The minimum atomic E-state index is -0.309. The second-order valence-corrected chi connectivity index (χ2v) is 6.98. The molecule has 0 aromatic heterocycles. The molecule has 4 nitrogen and oxygen atoms in total. The van der Waals surface area contributed by atoms with E-state index in [-0.39, 0.29) is 18.1 Å². The maximum absolute atomic E-state index is 12.9. The lowest BCUT2D eigenvalue weighted by atomic mass is 10.1. The normalized spacial score (nSPS) is 15.3. The number of anilines is 1. The number of hydrogen-bond acceptors (Lipinski definition) is 3. The van der Waals surface area contributed by atoms with Crippen LogP contribution in [0.2, 0.25) is 0 Å². The zero-order chi connectivity index (χ0) is 19.1. The van der Waals surface area contributed by atoms with E-state index in [4.69, 9.17) is 0 Å². The van der Waals surface area contributed by atoms with Crippen LogP contribution in [-0.2, 0) is 11.2 Å². The van der Waals surface area contributed by atoms with E-state index in [2.05, 4.69) is 27.6 Å². The molecule has 1 N–H and O–H groups in total. The molecule has 5 heteroatoms. The van der Waals surface area contributed by atoms with Crippen LogP contribution in [0.25, 0.3) is 0 Å². The third-order valence-corrected chi connectivity index (χ3v) is 4.88. The predicted molar refractivity (Wildman–Crippen MR) is 108 cm³/mol. The first-order valence-electron chi connectivity index (χ1n) is 9.55. The van der Waals surface area contributed by atoms with E-state index < -0.39 is 0 Å². The first kappa shape index (κ1) is 19.1. The molecule has 1 aliphatic heterocycles. The van der Waals surface area contributed by atoms with E-state index in [0.717, 1.165) is 29.9 Å². The average molecular weight is 367 g/mol. The van der Waals surface area contributed by atoms with Crippen molar-refractivity contribution in [1.82, 2.24) is 5.43 Å². The Kier molecular flexibility index (Phi) is 6.58. The molecule has 0 radical (unpaired) electrons. The minimum absolute atomic E-state index is 0.172. The van der Waals surface area contributed by atoms with Gasteiger partial charge in [-0.3, -0.25) is 4.79 Å². The van der Waals surface area contributed by atoms with Crippen molar-refractivity contribution in [3.63, 3.8) is 0 Å². The van der Waals surface area contributed by atoms with Gasteiger partial charge in [0.1, 0.15) is 5.82 Å². The first-order valence-corrected chi connectivity index (χ1v) is 9.55. The van der Waals surface area contributed by atoms with Crippen LogP contribution >= 0.6 is 0 Å². The molecule has 1 heterocycles. The first-order chi connectivity index (χ1) is 13.1. The molecule has 142 valence electrons. The summed E-state index contributed by atoms with van der Waals surface area (Å²) in [6, 6.07) is 14.3. The van der Waals surface area contributed by atoms with E-state index >= 15 is 0 Å². The van der Waals surface area contributed by atoms with Crippen LogP contribution in [0.5, 0.6) is 0 Å². The van der Waals surface area contributed by atoms with Gasteiger partial charge in [0.25, 0.3) is 0 Å². The van der Waals surface area contributed by atoms with Gasteiger partial charge in [-0.15, -0.1) is 0 Å². The van der Waals surface area contributed by atoms with Gasteiger partial charge in [0, 0.05) is 18.8 Å². The van der Waals surface area contributed by atoms with Crippen LogP contribution in [0.4, 0.5) is 10.1 Å². The average Bonchev–Trinajstić information content (AvgIpc) is 2.97.